The van der Waals surface area contributed by atoms with Crippen LogP contribution in [0.3, 0.4) is 0 Å². The average molecular weight is 250 g/mol. The molecule has 0 saturated carbocycles. The zero-order valence-corrected chi connectivity index (χ0v) is 11.1. The number of hydrogen-bond acceptors (Lipinski definition) is 4. The maximum Gasteiger partial charge on any atom is 0.252 e. The van der Waals surface area contributed by atoms with Crippen molar-refractivity contribution in [2.45, 2.75) is 32.6 Å². The molecule has 1 aliphatic heterocycles. The summed E-state index contributed by atoms with van der Waals surface area (Å²) in [5.41, 5.74) is -0.0845. The summed E-state index contributed by atoms with van der Waals surface area (Å²) in [5, 5.41) is 6.60. The van der Waals surface area contributed by atoms with Gasteiger partial charge in [-0.15, -0.1) is 0 Å². The molecule has 18 heavy (non-hydrogen) atoms. The molecule has 1 aromatic heterocycles. The average Bonchev–Trinajstić information content (AvgIpc) is 2.81. The number of hydrogen-bond donors (Lipinski definition) is 3. The summed E-state index contributed by atoms with van der Waals surface area (Å²) in [5.74, 6) is 2.42. The van der Waals surface area contributed by atoms with Gasteiger partial charge in [-0.1, -0.05) is 13.8 Å². The van der Waals surface area contributed by atoms with Crippen LogP contribution >= 0.6 is 0 Å². The predicted molar refractivity (Wildman–Crippen MR) is 73.0 cm³/mol. The van der Waals surface area contributed by atoms with E-state index >= 15 is 0 Å². The van der Waals surface area contributed by atoms with Crippen LogP contribution < -0.4 is 16.2 Å². The Kier molecular flexibility index (Phi) is 4.36. The van der Waals surface area contributed by atoms with Gasteiger partial charge in [-0.3, -0.25) is 4.79 Å². The zero-order valence-electron chi connectivity index (χ0n) is 11.1. The zero-order chi connectivity index (χ0) is 13.0. The van der Waals surface area contributed by atoms with Crippen LogP contribution in [-0.2, 0) is 0 Å². The summed E-state index contributed by atoms with van der Waals surface area (Å²) < 4.78 is 0. The second kappa shape index (κ2) is 6.00. The third kappa shape index (κ3) is 3.57. The van der Waals surface area contributed by atoms with Gasteiger partial charge in [0.05, 0.1) is 0 Å². The first-order valence-electron chi connectivity index (χ1n) is 6.71. The van der Waals surface area contributed by atoms with E-state index in [0.29, 0.717) is 5.82 Å². The number of nitrogens with one attached hydrogen (secondary N) is 3. The highest BCUT2D eigenvalue weighted by molar-refractivity contribution is 5.33. The fourth-order valence-corrected chi connectivity index (χ4v) is 2.21. The molecule has 1 aliphatic rings. The lowest BCUT2D eigenvalue weighted by Crippen LogP contribution is -2.17. The van der Waals surface area contributed by atoms with Crippen molar-refractivity contribution in [1.82, 2.24) is 15.3 Å². The highest BCUT2D eigenvalue weighted by atomic mass is 16.1. The van der Waals surface area contributed by atoms with Crippen molar-refractivity contribution in [3.8, 4) is 0 Å². The molecule has 5 heteroatoms. The Morgan fingerprint density at radius 2 is 2.39 bits per heavy atom. The maximum absolute atomic E-state index is 11.5. The molecule has 1 atom stereocenters. The fourth-order valence-electron chi connectivity index (χ4n) is 2.21. The summed E-state index contributed by atoms with van der Waals surface area (Å²) in [4.78, 5) is 18.7. The molecule has 1 unspecified atom stereocenters. The smallest absolute Gasteiger partial charge is 0.252 e. The lowest BCUT2D eigenvalue weighted by atomic mass is 10.1. The van der Waals surface area contributed by atoms with E-state index in [-0.39, 0.29) is 11.5 Å². The third-order valence-corrected chi connectivity index (χ3v) is 3.33. The highest BCUT2D eigenvalue weighted by Gasteiger charge is 2.13. The monoisotopic (exact) mass is 250 g/mol. The van der Waals surface area contributed by atoms with Crippen LogP contribution in [0.2, 0.25) is 0 Å². The molecular weight excluding hydrogens is 228 g/mol. The van der Waals surface area contributed by atoms with Crippen molar-refractivity contribution in [3.63, 3.8) is 0 Å². The van der Waals surface area contributed by atoms with Crippen LogP contribution in [-0.4, -0.2) is 29.6 Å². The van der Waals surface area contributed by atoms with Crippen molar-refractivity contribution in [2.24, 2.45) is 5.92 Å². The molecule has 0 aromatic carbocycles. The largest absolute Gasteiger partial charge is 0.370 e. The lowest BCUT2D eigenvalue weighted by molar-refractivity contribution is 0.548. The first-order chi connectivity index (χ1) is 8.65. The van der Waals surface area contributed by atoms with Gasteiger partial charge < -0.3 is 15.6 Å². The Morgan fingerprint density at radius 3 is 3.06 bits per heavy atom. The molecule has 1 aromatic rings. The number of rotatable bonds is 5. The van der Waals surface area contributed by atoms with Crippen molar-refractivity contribution in [3.05, 3.63) is 22.2 Å². The first-order valence-corrected chi connectivity index (χ1v) is 6.71. The minimum atomic E-state index is -0.0845. The Labute approximate surface area is 107 Å². The summed E-state index contributed by atoms with van der Waals surface area (Å²) in [6.07, 6.45) is 2.38. The Balaban J connectivity index is 1.90. The molecule has 3 N–H and O–H groups in total. The van der Waals surface area contributed by atoms with Crippen LogP contribution in [0.4, 0.5) is 5.82 Å². The van der Waals surface area contributed by atoms with Gasteiger partial charge in [-0.25, -0.2) is 4.98 Å². The molecule has 5 nitrogen and oxygen atoms in total. The number of anilines is 1. The molecule has 0 bridgehead atoms. The third-order valence-electron chi connectivity index (χ3n) is 3.33. The number of H-pyrrole nitrogens is 1. The highest BCUT2D eigenvalue weighted by Crippen LogP contribution is 2.13. The van der Waals surface area contributed by atoms with Crippen LogP contribution in [0, 0.1) is 5.92 Å². The molecule has 1 saturated heterocycles. The predicted octanol–water partition coefficient (Wildman–Crippen LogP) is 1.30. The Hall–Kier alpha value is -1.36. The molecule has 2 rings (SSSR count). The van der Waals surface area contributed by atoms with Gasteiger partial charge in [-0.05, 0) is 31.8 Å². The standard InChI is InChI=1S/C13H22N4O/c1-9(2)13-16-11(7-12(18)17-13)15-6-4-10-3-5-14-8-10/h7,9-10,14H,3-6,8H2,1-2H3,(H2,15,16,17,18). The van der Waals surface area contributed by atoms with Crippen molar-refractivity contribution >= 4 is 5.82 Å². The van der Waals surface area contributed by atoms with Crippen molar-refractivity contribution in [1.29, 1.82) is 0 Å². The van der Waals surface area contributed by atoms with Crippen LogP contribution in [0.25, 0.3) is 0 Å². The number of nitrogens with zero attached hydrogens (tertiary/aromatic N) is 1. The van der Waals surface area contributed by atoms with Gasteiger partial charge in [0.25, 0.3) is 5.56 Å². The fraction of sp³-hybridized carbons (Fsp3) is 0.692. The summed E-state index contributed by atoms with van der Waals surface area (Å²) in [6.45, 7) is 7.16. The normalized spacial score (nSPS) is 19.4. The van der Waals surface area contributed by atoms with Gasteiger partial charge >= 0.3 is 0 Å². The quantitative estimate of drug-likeness (QED) is 0.737. The minimum Gasteiger partial charge on any atom is -0.370 e. The first kappa shape index (κ1) is 13.1. The van der Waals surface area contributed by atoms with E-state index in [2.05, 4.69) is 20.6 Å². The molecule has 2 heterocycles. The maximum atomic E-state index is 11.5. The summed E-state index contributed by atoms with van der Waals surface area (Å²) in [6, 6.07) is 1.53. The van der Waals surface area contributed by atoms with Gasteiger partial charge in [0, 0.05) is 18.5 Å². The summed E-state index contributed by atoms with van der Waals surface area (Å²) >= 11 is 0. The minimum absolute atomic E-state index is 0.0845. The second-order valence-electron chi connectivity index (χ2n) is 5.24. The number of aromatic amines is 1. The van der Waals surface area contributed by atoms with E-state index in [1.807, 2.05) is 13.8 Å². The van der Waals surface area contributed by atoms with E-state index in [1.54, 1.807) is 0 Å². The number of aromatic nitrogens is 2. The molecule has 0 aliphatic carbocycles. The molecule has 0 spiro atoms. The van der Waals surface area contributed by atoms with Gasteiger partial charge in [0.2, 0.25) is 0 Å². The second-order valence-corrected chi connectivity index (χ2v) is 5.24. The SMILES string of the molecule is CC(C)c1nc(NCCC2CCNC2)cc(=O)[nH]1. The molecule has 1 fully saturated rings. The molecule has 100 valence electrons. The Bertz CT molecular complexity index is 435. The molecule has 0 amide bonds. The van der Waals surface area contributed by atoms with Gasteiger partial charge in [-0.2, -0.15) is 0 Å². The van der Waals surface area contributed by atoms with E-state index in [0.717, 1.165) is 37.8 Å². The van der Waals surface area contributed by atoms with E-state index in [9.17, 15) is 4.79 Å². The lowest BCUT2D eigenvalue weighted by Gasteiger charge is -2.11. The van der Waals surface area contributed by atoms with Gasteiger partial charge in [0.1, 0.15) is 11.6 Å². The van der Waals surface area contributed by atoms with Crippen LogP contribution in [0.5, 0.6) is 0 Å². The van der Waals surface area contributed by atoms with Crippen LogP contribution in [0.15, 0.2) is 10.9 Å². The van der Waals surface area contributed by atoms with Gasteiger partial charge in [0.15, 0.2) is 0 Å². The molecule has 0 radical (unpaired) electrons. The van der Waals surface area contributed by atoms with E-state index in [1.165, 1.54) is 12.5 Å². The van der Waals surface area contributed by atoms with Crippen LogP contribution in [0.1, 0.15) is 38.4 Å². The topological polar surface area (TPSA) is 69.8 Å². The van der Waals surface area contributed by atoms with E-state index < -0.39 is 0 Å². The van der Waals surface area contributed by atoms with Crippen molar-refractivity contribution in [2.75, 3.05) is 25.0 Å². The van der Waals surface area contributed by atoms with Crippen molar-refractivity contribution < 1.29 is 0 Å². The van der Waals surface area contributed by atoms with E-state index in [4.69, 9.17) is 0 Å². The Morgan fingerprint density at radius 1 is 1.56 bits per heavy atom. The summed E-state index contributed by atoms with van der Waals surface area (Å²) in [7, 11) is 0. The molecular formula is C13H22N4O.